The molecule has 0 rings (SSSR count). The van der Waals surface area contributed by atoms with Gasteiger partial charge in [-0.25, -0.2) is 0 Å². The van der Waals surface area contributed by atoms with Crippen LogP contribution in [0.1, 0.15) is 175 Å². The first-order chi connectivity index (χ1) is 17.7. The first-order valence-corrected chi connectivity index (χ1v) is 17.3. The van der Waals surface area contributed by atoms with Crippen LogP contribution in [0.4, 0.5) is 0 Å². The minimum absolute atomic E-state index is 0. The maximum atomic E-state index is 2.50. The van der Waals surface area contributed by atoms with E-state index in [0.29, 0.717) is 0 Å². The minimum Gasteiger partial charge on any atom is -1.00 e. The fourth-order valence-corrected chi connectivity index (χ4v) is 5.86. The SMILES string of the molecule is CCCCCCCCCCCC(C)[N+](C)(C)CCCCC[N+](C)(C)C(C)CCCCCCCCCCC.[Br-].[Br-]. The second-order valence-electron chi connectivity index (χ2n) is 14.0. The molecule has 0 aliphatic rings. The van der Waals surface area contributed by atoms with Crippen molar-refractivity contribution in [1.82, 2.24) is 0 Å². The fraction of sp³-hybridized carbons (Fsp3) is 1.00. The Morgan fingerprint density at radius 1 is 0.359 bits per heavy atom. The van der Waals surface area contributed by atoms with Crippen LogP contribution in [0.2, 0.25) is 0 Å². The lowest BCUT2D eigenvalue weighted by Gasteiger charge is -2.37. The largest absolute Gasteiger partial charge is 1.00 e. The van der Waals surface area contributed by atoms with E-state index in [1.165, 1.54) is 170 Å². The van der Waals surface area contributed by atoms with Gasteiger partial charge in [0.15, 0.2) is 0 Å². The molecule has 0 saturated heterocycles. The monoisotopic (exact) mass is 682 g/mol. The average Bonchev–Trinajstić information content (AvgIpc) is 2.86. The molecule has 0 aromatic carbocycles. The van der Waals surface area contributed by atoms with Crippen LogP contribution in [0, 0.1) is 0 Å². The van der Waals surface area contributed by atoms with Crippen molar-refractivity contribution in [2.45, 2.75) is 187 Å². The summed E-state index contributed by atoms with van der Waals surface area (Å²) in [6.07, 6.45) is 32.9. The van der Waals surface area contributed by atoms with E-state index in [1.54, 1.807) is 0 Å². The number of unbranched alkanes of at least 4 members (excludes halogenated alkanes) is 18. The Morgan fingerprint density at radius 3 is 0.872 bits per heavy atom. The van der Waals surface area contributed by atoms with Crippen LogP contribution in [0.5, 0.6) is 0 Å². The van der Waals surface area contributed by atoms with Gasteiger partial charge in [-0.3, -0.25) is 0 Å². The summed E-state index contributed by atoms with van der Waals surface area (Å²) >= 11 is 0. The maximum absolute atomic E-state index is 2.50. The Bertz CT molecular complexity index is 439. The average molecular weight is 685 g/mol. The van der Waals surface area contributed by atoms with Crippen molar-refractivity contribution in [2.24, 2.45) is 0 Å². The Hall–Kier alpha value is 0.880. The van der Waals surface area contributed by atoms with Crippen molar-refractivity contribution in [3.63, 3.8) is 0 Å². The van der Waals surface area contributed by atoms with Gasteiger partial charge in [-0.05, 0) is 58.8 Å². The third kappa shape index (κ3) is 26.3. The number of hydrogen-bond donors (Lipinski definition) is 0. The molecule has 0 radical (unpaired) electrons. The topological polar surface area (TPSA) is 0 Å². The van der Waals surface area contributed by atoms with Crippen molar-refractivity contribution in [3.8, 4) is 0 Å². The van der Waals surface area contributed by atoms with E-state index in [-0.39, 0.29) is 34.0 Å². The molecule has 0 saturated carbocycles. The molecule has 0 amide bonds. The highest BCUT2D eigenvalue weighted by molar-refractivity contribution is 4.57. The van der Waals surface area contributed by atoms with Gasteiger partial charge in [-0.2, -0.15) is 0 Å². The number of rotatable bonds is 28. The Kier molecular flexibility index (Phi) is 32.9. The first-order valence-electron chi connectivity index (χ1n) is 17.3. The van der Waals surface area contributed by atoms with Gasteiger partial charge in [0.2, 0.25) is 0 Å². The molecule has 2 atom stereocenters. The Balaban J connectivity index is -0.00000648. The summed E-state index contributed by atoms with van der Waals surface area (Å²) in [6, 6.07) is 1.60. The smallest absolute Gasteiger partial charge is 0.0857 e. The van der Waals surface area contributed by atoms with Gasteiger partial charge in [0.05, 0.1) is 53.4 Å². The summed E-state index contributed by atoms with van der Waals surface area (Å²) in [7, 11) is 9.91. The predicted octanol–water partition coefficient (Wildman–Crippen LogP) is 4.94. The molecule has 240 valence electrons. The third-order valence-electron chi connectivity index (χ3n) is 9.81. The summed E-state index contributed by atoms with van der Waals surface area (Å²) in [5.74, 6) is 0. The predicted molar refractivity (Wildman–Crippen MR) is 170 cm³/mol. The van der Waals surface area contributed by atoms with Gasteiger partial charge in [0.1, 0.15) is 0 Å². The van der Waals surface area contributed by atoms with Crippen molar-refractivity contribution >= 4 is 0 Å². The van der Waals surface area contributed by atoms with Gasteiger partial charge in [0.25, 0.3) is 0 Å². The van der Waals surface area contributed by atoms with Gasteiger partial charge in [-0.1, -0.05) is 117 Å². The van der Waals surface area contributed by atoms with Gasteiger partial charge >= 0.3 is 0 Å². The highest BCUT2D eigenvalue weighted by atomic mass is 79.9. The van der Waals surface area contributed by atoms with Crippen LogP contribution in [0.15, 0.2) is 0 Å². The molecular weight excluding hydrogens is 608 g/mol. The molecule has 0 aliphatic heterocycles. The van der Waals surface area contributed by atoms with Crippen LogP contribution in [-0.4, -0.2) is 62.3 Å². The zero-order chi connectivity index (χ0) is 27.8. The van der Waals surface area contributed by atoms with E-state index >= 15 is 0 Å². The maximum Gasteiger partial charge on any atom is 0.0857 e. The molecule has 2 unspecified atom stereocenters. The van der Waals surface area contributed by atoms with E-state index in [2.05, 4.69) is 55.9 Å². The molecular formula is C35H76Br2N2. The molecule has 0 fully saturated rings. The highest BCUT2D eigenvalue weighted by Gasteiger charge is 2.25. The zero-order valence-electron chi connectivity index (χ0n) is 28.5. The van der Waals surface area contributed by atoms with Crippen LogP contribution in [-0.2, 0) is 0 Å². The number of quaternary nitrogens is 2. The standard InChI is InChI=1S/C35H76N2.2BrH/c1-9-11-13-15-17-19-21-23-26-30-34(3)36(5,6)32-28-25-29-33-37(7,8)35(4)31-27-24-22-20-18-16-14-12-10-2;;/h34-35H,9-33H2,1-8H3;2*1H/q+2;;/p-2. The Morgan fingerprint density at radius 2 is 0.590 bits per heavy atom. The van der Waals surface area contributed by atoms with Crippen LogP contribution >= 0.6 is 0 Å². The van der Waals surface area contributed by atoms with Crippen molar-refractivity contribution in [2.75, 3.05) is 41.3 Å². The van der Waals surface area contributed by atoms with Crippen molar-refractivity contribution in [1.29, 1.82) is 0 Å². The van der Waals surface area contributed by atoms with E-state index in [1.807, 2.05) is 0 Å². The molecule has 4 heteroatoms. The van der Waals surface area contributed by atoms with Crippen LogP contribution in [0.25, 0.3) is 0 Å². The fourth-order valence-electron chi connectivity index (χ4n) is 5.86. The summed E-state index contributed by atoms with van der Waals surface area (Å²) in [5.41, 5.74) is 0. The van der Waals surface area contributed by atoms with Crippen LogP contribution in [0.3, 0.4) is 0 Å². The highest BCUT2D eigenvalue weighted by Crippen LogP contribution is 2.20. The lowest BCUT2D eigenvalue weighted by atomic mass is 10.0. The molecule has 39 heavy (non-hydrogen) atoms. The quantitative estimate of drug-likeness (QED) is 0.0811. The number of nitrogens with zero attached hydrogens (tertiary/aromatic N) is 2. The molecule has 0 aromatic heterocycles. The summed E-state index contributed by atoms with van der Waals surface area (Å²) in [5, 5.41) is 0. The van der Waals surface area contributed by atoms with E-state index in [9.17, 15) is 0 Å². The molecule has 0 bridgehead atoms. The second-order valence-corrected chi connectivity index (χ2v) is 14.0. The first kappa shape index (κ1) is 44.3. The molecule has 0 aromatic rings. The van der Waals surface area contributed by atoms with Crippen molar-refractivity contribution < 1.29 is 42.9 Å². The van der Waals surface area contributed by atoms with E-state index in [4.69, 9.17) is 0 Å². The normalized spacial score (nSPS) is 13.5. The zero-order valence-corrected chi connectivity index (χ0v) is 31.7. The molecule has 2 nitrogen and oxygen atoms in total. The molecule has 0 heterocycles. The van der Waals surface area contributed by atoms with Crippen LogP contribution < -0.4 is 34.0 Å². The number of hydrogen-bond acceptors (Lipinski definition) is 0. The lowest BCUT2D eigenvalue weighted by molar-refractivity contribution is -0.915. The number of halogens is 2. The third-order valence-corrected chi connectivity index (χ3v) is 9.81. The minimum atomic E-state index is 0. The molecule has 0 spiro atoms. The summed E-state index contributed by atoms with van der Waals surface area (Å²) < 4.78 is 2.43. The van der Waals surface area contributed by atoms with Gasteiger partial charge in [-0.15, -0.1) is 0 Å². The van der Waals surface area contributed by atoms with E-state index < -0.39 is 0 Å². The van der Waals surface area contributed by atoms with Gasteiger partial charge < -0.3 is 42.9 Å². The van der Waals surface area contributed by atoms with Crippen molar-refractivity contribution in [3.05, 3.63) is 0 Å². The summed E-state index contributed by atoms with van der Waals surface area (Å²) in [6.45, 7) is 12.3. The molecule has 0 N–H and O–H groups in total. The van der Waals surface area contributed by atoms with Gasteiger partial charge in [0, 0.05) is 0 Å². The second kappa shape index (κ2) is 29.0. The Labute approximate surface area is 270 Å². The summed E-state index contributed by atoms with van der Waals surface area (Å²) in [4.78, 5) is 0. The lowest BCUT2D eigenvalue weighted by Crippen LogP contribution is -3.00. The van der Waals surface area contributed by atoms with E-state index in [0.717, 1.165) is 12.1 Å². The molecule has 0 aliphatic carbocycles.